The molecule has 1 N–H and O–H groups in total. The number of nitrogens with one attached hydrogen (secondary N) is 1. The van der Waals surface area contributed by atoms with Crippen molar-refractivity contribution in [3.05, 3.63) is 17.3 Å². The van der Waals surface area contributed by atoms with E-state index in [0.717, 1.165) is 0 Å². The van der Waals surface area contributed by atoms with Crippen LogP contribution >= 0.6 is 11.6 Å². The third-order valence-corrected chi connectivity index (χ3v) is 5.29. The van der Waals surface area contributed by atoms with Gasteiger partial charge in [0.2, 0.25) is 10.0 Å². The highest BCUT2D eigenvalue weighted by atomic mass is 35.5. The van der Waals surface area contributed by atoms with Crippen molar-refractivity contribution in [2.24, 2.45) is 0 Å². The highest BCUT2D eigenvalue weighted by molar-refractivity contribution is 7.89. The van der Waals surface area contributed by atoms with Crippen LogP contribution in [-0.2, 0) is 14.8 Å². The van der Waals surface area contributed by atoms with Crippen LogP contribution in [0, 0.1) is 0 Å². The van der Waals surface area contributed by atoms with Crippen molar-refractivity contribution in [1.29, 1.82) is 0 Å². The van der Waals surface area contributed by atoms with Crippen LogP contribution in [0.25, 0.3) is 0 Å². The molecule has 8 heteroatoms. The number of halogens is 1. The molecule has 0 bridgehead atoms. The first-order chi connectivity index (χ1) is 9.65. The Bertz CT molecular complexity index is 634. The number of pyridine rings is 1. The lowest BCUT2D eigenvalue weighted by molar-refractivity contribution is -0.109. The molecule has 1 saturated heterocycles. The summed E-state index contributed by atoms with van der Waals surface area (Å²) in [6.45, 7) is 6.22. The molecule has 0 spiro atoms. The van der Waals surface area contributed by atoms with E-state index in [-0.39, 0.29) is 16.0 Å². The largest absolute Gasteiger partial charge is 0.372 e. The van der Waals surface area contributed by atoms with Crippen LogP contribution in [0.1, 0.15) is 20.8 Å². The second-order valence-corrected chi connectivity index (χ2v) is 8.08. The lowest BCUT2D eigenvalue weighted by atomic mass is 10.1. The van der Waals surface area contributed by atoms with Gasteiger partial charge in [-0.3, -0.25) is 0 Å². The van der Waals surface area contributed by atoms with Gasteiger partial charge in [-0.1, -0.05) is 11.6 Å². The molecule has 0 aliphatic carbocycles. The van der Waals surface area contributed by atoms with Gasteiger partial charge in [-0.05, 0) is 26.8 Å². The molecule has 6 nitrogen and oxygen atoms in total. The summed E-state index contributed by atoms with van der Waals surface area (Å²) in [6, 6.07) is 1.42. The molecule has 118 valence electrons. The lowest BCUT2D eigenvalue weighted by Gasteiger charge is -2.40. The van der Waals surface area contributed by atoms with Gasteiger partial charge in [0.1, 0.15) is 10.7 Å². The van der Waals surface area contributed by atoms with Crippen LogP contribution in [-0.4, -0.2) is 49.5 Å². The van der Waals surface area contributed by atoms with Gasteiger partial charge in [0.05, 0.1) is 16.7 Å². The molecular weight excluding hydrogens is 314 g/mol. The normalized spacial score (nSPS) is 23.0. The summed E-state index contributed by atoms with van der Waals surface area (Å²) in [7, 11) is -1.96. The van der Waals surface area contributed by atoms with Crippen molar-refractivity contribution in [2.45, 2.75) is 37.4 Å². The second-order valence-electron chi connectivity index (χ2n) is 5.74. The van der Waals surface area contributed by atoms with Crippen LogP contribution in [0.3, 0.4) is 0 Å². The number of rotatable bonds is 3. The Balaban J connectivity index is 2.35. The Morgan fingerprint density at radius 1 is 1.52 bits per heavy atom. The van der Waals surface area contributed by atoms with Crippen molar-refractivity contribution >= 4 is 27.4 Å². The van der Waals surface area contributed by atoms with Gasteiger partial charge >= 0.3 is 0 Å². The maximum atomic E-state index is 12.7. The number of morpholine rings is 1. The number of nitrogens with zero attached hydrogens (tertiary/aromatic N) is 2. The zero-order valence-corrected chi connectivity index (χ0v) is 14.1. The number of sulfonamides is 1. The SMILES string of the molecule is CNc1ncc(S(=O)(=O)N2CC(C)OC(C)(C)C2)cc1Cl. The highest BCUT2D eigenvalue weighted by Gasteiger charge is 2.38. The molecule has 0 radical (unpaired) electrons. The van der Waals surface area contributed by atoms with Crippen molar-refractivity contribution in [3.8, 4) is 0 Å². The monoisotopic (exact) mass is 333 g/mol. The lowest BCUT2D eigenvalue weighted by Crippen LogP contribution is -2.53. The molecule has 0 saturated carbocycles. The zero-order chi connectivity index (χ0) is 15.8. The fourth-order valence-corrected chi connectivity index (χ4v) is 4.44. The van der Waals surface area contributed by atoms with E-state index in [9.17, 15) is 8.42 Å². The molecule has 0 aromatic carbocycles. The van der Waals surface area contributed by atoms with E-state index in [1.54, 1.807) is 7.05 Å². The maximum Gasteiger partial charge on any atom is 0.244 e. The average molecular weight is 334 g/mol. The van der Waals surface area contributed by atoms with Crippen LogP contribution in [0.5, 0.6) is 0 Å². The number of anilines is 1. The molecule has 0 amide bonds. The Labute approximate surface area is 130 Å². The quantitative estimate of drug-likeness (QED) is 0.915. The van der Waals surface area contributed by atoms with Gasteiger partial charge in [0.25, 0.3) is 0 Å². The summed E-state index contributed by atoms with van der Waals surface area (Å²) in [4.78, 5) is 4.13. The van der Waals surface area contributed by atoms with Crippen molar-refractivity contribution in [1.82, 2.24) is 9.29 Å². The van der Waals surface area contributed by atoms with Crippen LogP contribution in [0.4, 0.5) is 5.82 Å². The van der Waals surface area contributed by atoms with Crippen LogP contribution in [0.15, 0.2) is 17.2 Å². The highest BCUT2D eigenvalue weighted by Crippen LogP contribution is 2.28. The predicted molar refractivity (Wildman–Crippen MR) is 82.2 cm³/mol. The first kappa shape index (κ1) is 16.5. The van der Waals surface area contributed by atoms with Gasteiger partial charge in [0.15, 0.2) is 0 Å². The van der Waals surface area contributed by atoms with E-state index in [4.69, 9.17) is 16.3 Å². The third kappa shape index (κ3) is 3.48. The number of aromatic nitrogens is 1. The van der Waals surface area contributed by atoms with Crippen molar-refractivity contribution in [3.63, 3.8) is 0 Å². The first-order valence-corrected chi connectivity index (χ1v) is 8.49. The van der Waals surface area contributed by atoms with Gasteiger partial charge in [0, 0.05) is 26.3 Å². The molecule has 1 aliphatic heterocycles. The fraction of sp³-hybridized carbons (Fsp3) is 0.615. The van der Waals surface area contributed by atoms with Crippen molar-refractivity contribution in [2.75, 3.05) is 25.5 Å². The molecule has 1 fully saturated rings. The Hall–Kier alpha value is -0.890. The zero-order valence-electron chi connectivity index (χ0n) is 12.6. The van der Waals surface area contributed by atoms with E-state index in [1.165, 1.54) is 16.6 Å². The molecule has 21 heavy (non-hydrogen) atoms. The van der Waals surface area contributed by atoms with E-state index < -0.39 is 15.6 Å². The standard InChI is InChI=1S/C13H20ClN3O3S/c1-9-7-17(8-13(2,3)20-9)21(18,19)10-5-11(14)12(15-4)16-6-10/h5-6,9H,7-8H2,1-4H3,(H,15,16). The van der Waals surface area contributed by atoms with E-state index in [0.29, 0.717) is 18.9 Å². The predicted octanol–water partition coefficient (Wildman–Crippen LogP) is 1.96. The molecule has 1 aromatic heterocycles. The summed E-state index contributed by atoms with van der Waals surface area (Å²) in [5.41, 5.74) is -0.521. The maximum absolute atomic E-state index is 12.7. The molecule has 2 rings (SSSR count). The number of ether oxygens (including phenoxy) is 1. The minimum Gasteiger partial charge on any atom is -0.372 e. The average Bonchev–Trinajstić information content (AvgIpc) is 2.36. The molecular formula is C13H20ClN3O3S. The second kappa shape index (κ2) is 5.72. The van der Waals surface area contributed by atoms with Gasteiger partial charge in [-0.2, -0.15) is 4.31 Å². The third-order valence-electron chi connectivity index (χ3n) is 3.23. The molecule has 1 atom stereocenters. The Kier molecular flexibility index (Phi) is 4.49. The first-order valence-electron chi connectivity index (χ1n) is 6.67. The van der Waals surface area contributed by atoms with Crippen molar-refractivity contribution < 1.29 is 13.2 Å². The molecule has 1 aliphatic rings. The van der Waals surface area contributed by atoms with Crippen LogP contribution in [0.2, 0.25) is 5.02 Å². The molecule has 1 aromatic rings. The van der Waals surface area contributed by atoms with E-state index in [1.807, 2.05) is 20.8 Å². The smallest absolute Gasteiger partial charge is 0.244 e. The van der Waals surface area contributed by atoms with Gasteiger partial charge in [-0.15, -0.1) is 0 Å². The fourth-order valence-electron chi connectivity index (χ4n) is 2.47. The number of hydrogen-bond donors (Lipinski definition) is 1. The van der Waals surface area contributed by atoms with Gasteiger partial charge < -0.3 is 10.1 Å². The van der Waals surface area contributed by atoms with Gasteiger partial charge in [-0.25, -0.2) is 13.4 Å². The van der Waals surface area contributed by atoms with E-state index >= 15 is 0 Å². The Morgan fingerprint density at radius 2 is 2.19 bits per heavy atom. The topological polar surface area (TPSA) is 71.5 Å². The Morgan fingerprint density at radius 3 is 2.71 bits per heavy atom. The number of hydrogen-bond acceptors (Lipinski definition) is 5. The minimum absolute atomic E-state index is 0.0939. The van der Waals surface area contributed by atoms with Crippen LogP contribution < -0.4 is 5.32 Å². The van der Waals surface area contributed by atoms with E-state index in [2.05, 4.69) is 10.3 Å². The summed E-state index contributed by atoms with van der Waals surface area (Å²) < 4.78 is 32.6. The summed E-state index contributed by atoms with van der Waals surface area (Å²) in [6.07, 6.45) is 1.16. The molecule has 1 unspecified atom stereocenters. The summed E-state index contributed by atoms with van der Waals surface area (Å²) >= 11 is 6.03. The minimum atomic E-state index is -3.63. The summed E-state index contributed by atoms with van der Waals surface area (Å²) in [5.74, 6) is 0.450. The molecule has 2 heterocycles. The summed E-state index contributed by atoms with van der Waals surface area (Å²) in [5, 5.41) is 3.08.